The maximum Gasteiger partial charge on any atom is 0.190 e. The molecule has 0 spiro atoms. The van der Waals surface area contributed by atoms with E-state index in [2.05, 4.69) is 18.2 Å². The number of benzene rings is 2. The van der Waals surface area contributed by atoms with Crippen LogP contribution in [0.2, 0.25) is 0 Å². The monoisotopic (exact) mass is 356 g/mol. The summed E-state index contributed by atoms with van der Waals surface area (Å²) in [5.74, 6) is -0.733. The third kappa shape index (κ3) is 3.16. The summed E-state index contributed by atoms with van der Waals surface area (Å²) in [6, 6.07) is 14.3. The fourth-order valence-corrected chi connectivity index (χ4v) is 3.73. The first kappa shape index (κ1) is 17.6. The van der Waals surface area contributed by atoms with E-state index in [-0.39, 0.29) is 5.78 Å². The molecule has 4 atom stereocenters. The zero-order chi connectivity index (χ0) is 18.3. The number of carbonyl (C=O) groups is 1. The molecule has 0 aliphatic carbocycles. The van der Waals surface area contributed by atoms with E-state index in [1.807, 2.05) is 45.0 Å². The molecule has 0 aromatic heterocycles. The van der Waals surface area contributed by atoms with E-state index in [9.17, 15) is 4.79 Å². The van der Waals surface area contributed by atoms with Crippen LogP contribution >= 0.6 is 0 Å². The number of rotatable bonds is 5. The van der Waals surface area contributed by atoms with Crippen molar-refractivity contribution in [2.45, 2.75) is 64.2 Å². The van der Waals surface area contributed by atoms with Crippen LogP contribution in [0.1, 0.15) is 32.8 Å². The molecule has 2 aliphatic heterocycles. The van der Waals surface area contributed by atoms with Gasteiger partial charge in [-0.25, -0.2) is 0 Å². The molecule has 0 bridgehead atoms. The number of ether oxygens (including phenoxy) is 4. The van der Waals surface area contributed by atoms with Crippen molar-refractivity contribution in [1.82, 2.24) is 0 Å². The standard InChI is InChI=1S/C21H24O5/c1-4-16(22)17-18(19-20(24-17)26-21(2,3)25-19)23-12-14-10-7-9-13-8-5-6-11-15(13)14/h5-11,17-20H,4,12H2,1-3H3/t17-,18+,19-,20-/m1/s1. The van der Waals surface area contributed by atoms with Gasteiger partial charge in [-0.3, -0.25) is 4.79 Å². The Balaban J connectivity index is 1.57. The molecular weight excluding hydrogens is 332 g/mol. The Bertz CT molecular complexity index is 810. The maximum atomic E-state index is 12.3. The van der Waals surface area contributed by atoms with Crippen molar-refractivity contribution in [2.75, 3.05) is 0 Å². The van der Waals surface area contributed by atoms with E-state index in [0.717, 1.165) is 16.3 Å². The number of hydrogen-bond donors (Lipinski definition) is 0. The van der Waals surface area contributed by atoms with Crippen molar-refractivity contribution in [3.63, 3.8) is 0 Å². The highest BCUT2D eigenvalue weighted by Crippen LogP contribution is 2.39. The molecule has 2 aromatic carbocycles. The average molecular weight is 356 g/mol. The van der Waals surface area contributed by atoms with Gasteiger partial charge in [0.15, 0.2) is 17.9 Å². The van der Waals surface area contributed by atoms with Crippen LogP contribution in [0.25, 0.3) is 10.8 Å². The molecule has 2 aromatic rings. The number of ketones is 1. The van der Waals surface area contributed by atoms with Crippen LogP contribution in [0, 0.1) is 0 Å². The normalized spacial score (nSPS) is 29.8. The van der Waals surface area contributed by atoms with Crippen LogP contribution in [0.3, 0.4) is 0 Å². The highest BCUT2D eigenvalue weighted by molar-refractivity contribution is 5.85. The molecule has 2 saturated heterocycles. The quantitative estimate of drug-likeness (QED) is 0.820. The second kappa shape index (κ2) is 6.74. The summed E-state index contributed by atoms with van der Waals surface area (Å²) in [4.78, 5) is 12.3. The smallest absolute Gasteiger partial charge is 0.190 e. The van der Waals surface area contributed by atoms with Gasteiger partial charge in [-0.15, -0.1) is 0 Å². The van der Waals surface area contributed by atoms with E-state index in [1.54, 1.807) is 0 Å². The van der Waals surface area contributed by atoms with Crippen molar-refractivity contribution in [1.29, 1.82) is 0 Å². The van der Waals surface area contributed by atoms with Crippen molar-refractivity contribution < 1.29 is 23.7 Å². The lowest BCUT2D eigenvalue weighted by Crippen LogP contribution is -2.40. The van der Waals surface area contributed by atoms with Crippen molar-refractivity contribution in [3.8, 4) is 0 Å². The van der Waals surface area contributed by atoms with Gasteiger partial charge in [-0.1, -0.05) is 49.4 Å². The predicted octanol–water partition coefficient (Wildman–Crippen LogP) is 3.58. The second-order valence-electron chi connectivity index (χ2n) is 7.26. The van der Waals surface area contributed by atoms with Gasteiger partial charge < -0.3 is 18.9 Å². The zero-order valence-corrected chi connectivity index (χ0v) is 15.3. The molecular formula is C21H24O5. The molecule has 5 heteroatoms. The van der Waals surface area contributed by atoms with E-state index in [1.165, 1.54) is 0 Å². The van der Waals surface area contributed by atoms with Gasteiger partial charge in [0.25, 0.3) is 0 Å². The van der Waals surface area contributed by atoms with E-state index < -0.39 is 30.4 Å². The number of fused-ring (bicyclic) bond motifs is 2. The summed E-state index contributed by atoms with van der Waals surface area (Å²) in [5.41, 5.74) is 1.08. The summed E-state index contributed by atoms with van der Waals surface area (Å²) in [7, 11) is 0. The van der Waals surface area contributed by atoms with E-state index in [4.69, 9.17) is 18.9 Å². The van der Waals surface area contributed by atoms with Crippen LogP contribution in [0.4, 0.5) is 0 Å². The molecule has 2 fully saturated rings. The fraction of sp³-hybridized carbons (Fsp3) is 0.476. The Labute approximate surface area is 153 Å². The van der Waals surface area contributed by atoms with Gasteiger partial charge in [-0.2, -0.15) is 0 Å². The second-order valence-corrected chi connectivity index (χ2v) is 7.26. The van der Waals surface area contributed by atoms with Gasteiger partial charge in [0.05, 0.1) is 6.61 Å². The molecule has 4 rings (SSSR count). The van der Waals surface area contributed by atoms with Crippen molar-refractivity contribution in [3.05, 3.63) is 48.0 Å². The molecule has 0 N–H and O–H groups in total. The molecule has 0 saturated carbocycles. The predicted molar refractivity (Wildman–Crippen MR) is 96.5 cm³/mol. The summed E-state index contributed by atoms with van der Waals surface area (Å²) in [5, 5.41) is 2.31. The molecule has 2 aliphatic rings. The topological polar surface area (TPSA) is 54.0 Å². The fourth-order valence-electron chi connectivity index (χ4n) is 3.73. The first-order valence-electron chi connectivity index (χ1n) is 9.10. The third-order valence-corrected chi connectivity index (χ3v) is 4.97. The Kier molecular flexibility index (Phi) is 4.57. The number of carbonyl (C=O) groups excluding carboxylic acids is 1. The Hall–Kier alpha value is -1.79. The Morgan fingerprint density at radius 2 is 1.88 bits per heavy atom. The summed E-state index contributed by atoms with van der Waals surface area (Å²) >= 11 is 0. The van der Waals surface area contributed by atoms with Gasteiger partial charge in [-0.05, 0) is 30.2 Å². The maximum absolute atomic E-state index is 12.3. The minimum absolute atomic E-state index is 0.00678. The first-order chi connectivity index (χ1) is 12.5. The highest BCUT2D eigenvalue weighted by Gasteiger charge is 2.56. The SMILES string of the molecule is CCC(=O)[C@H]1O[C@@H]2OC(C)(C)O[C@@H]2[C@H]1OCc1cccc2ccccc12. The van der Waals surface area contributed by atoms with Gasteiger partial charge >= 0.3 is 0 Å². The lowest BCUT2D eigenvalue weighted by Gasteiger charge is -2.25. The molecule has 5 nitrogen and oxygen atoms in total. The Morgan fingerprint density at radius 3 is 2.69 bits per heavy atom. The molecule has 138 valence electrons. The molecule has 0 radical (unpaired) electrons. The van der Waals surface area contributed by atoms with Crippen LogP contribution in [-0.2, 0) is 30.3 Å². The van der Waals surface area contributed by atoms with Crippen LogP contribution < -0.4 is 0 Å². The van der Waals surface area contributed by atoms with Gasteiger partial charge in [0.2, 0.25) is 0 Å². The zero-order valence-electron chi connectivity index (χ0n) is 15.3. The molecule has 0 unspecified atom stereocenters. The summed E-state index contributed by atoms with van der Waals surface area (Å²) < 4.78 is 23.8. The minimum atomic E-state index is -0.739. The van der Waals surface area contributed by atoms with Gasteiger partial charge in [0.1, 0.15) is 18.3 Å². The molecule has 0 amide bonds. The lowest BCUT2D eigenvalue weighted by atomic mass is 10.0. The van der Waals surface area contributed by atoms with E-state index in [0.29, 0.717) is 13.0 Å². The largest absolute Gasteiger partial charge is 0.367 e. The number of Topliss-reactive ketones (excluding diaryl/α,β-unsaturated/α-hetero) is 1. The van der Waals surface area contributed by atoms with Crippen molar-refractivity contribution >= 4 is 16.6 Å². The number of hydrogen-bond acceptors (Lipinski definition) is 5. The van der Waals surface area contributed by atoms with Crippen molar-refractivity contribution in [2.24, 2.45) is 0 Å². The molecule has 26 heavy (non-hydrogen) atoms. The lowest BCUT2D eigenvalue weighted by molar-refractivity contribution is -0.218. The van der Waals surface area contributed by atoms with E-state index >= 15 is 0 Å². The van der Waals surface area contributed by atoms with Crippen LogP contribution in [0.5, 0.6) is 0 Å². The Morgan fingerprint density at radius 1 is 1.12 bits per heavy atom. The van der Waals surface area contributed by atoms with Crippen LogP contribution in [0.15, 0.2) is 42.5 Å². The first-order valence-corrected chi connectivity index (χ1v) is 9.10. The molecule has 2 heterocycles. The highest BCUT2D eigenvalue weighted by atomic mass is 16.8. The third-order valence-electron chi connectivity index (χ3n) is 4.97. The summed E-state index contributed by atoms with van der Waals surface area (Å²) in [6.45, 7) is 5.89. The minimum Gasteiger partial charge on any atom is -0.367 e. The van der Waals surface area contributed by atoms with Gasteiger partial charge in [0, 0.05) is 6.42 Å². The average Bonchev–Trinajstić information content (AvgIpc) is 3.11. The van der Waals surface area contributed by atoms with Crippen LogP contribution in [-0.4, -0.2) is 36.2 Å². The summed E-state index contributed by atoms with van der Waals surface area (Å²) in [6.07, 6.45) is -1.71.